The molecule has 0 aromatic rings. The fourth-order valence-corrected chi connectivity index (χ4v) is 2.64. The van der Waals surface area contributed by atoms with Crippen LogP contribution in [0.4, 0.5) is 0 Å². The van der Waals surface area contributed by atoms with Gasteiger partial charge < -0.3 is 14.6 Å². The van der Waals surface area contributed by atoms with Crippen LogP contribution in [0, 0.1) is 0 Å². The molecule has 82 valence electrons. The Bertz CT molecular complexity index is 211. The van der Waals surface area contributed by atoms with Crippen molar-refractivity contribution in [2.75, 3.05) is 13.2 Å². The van der Waals surface area contributed by atoms with E-state index in [9.17, 15) is 5.11 Å². The highest BCUT2D eigenvalue weighted by Gasteiger charge is 2.54. The van der Waals surface area contributed by atoms with E-state index in [0.717, 1.165) is 32.3 Å². The Morgan fingerprint density at radius 2 is 2.14 bits per heavy atom. The van der Waals surface area contributed by atoms with Gasteiger partial charge in [0, 0.05) is 19.4 Å². The van der Waals surface area contributed by atoms with E-state index in [1.165, 1.54) is 0 Å². The summed E-state index contributed by atoms with van der Waals surface area (Å²) in [6.45, 7) is 4.94. The molecule has 1 aliphatic heterocycles. The Balaban J connectivity index is 1.85. The molecular formula is C11H20O3. The Kier molecular flexibility index (Phi) is 2.58. The van der Waals surface area contributed by atoms with Gasteiger partial charge in [-0.1, -0.05) is 0 Å². The first-order valence-corrected chi connectivity index (χ1v) is 5.54. The van der Waals surface area contributed by atoms with Gasteiger partial charge in [-0.05, 0) is 26.7 Å². The van der Waals surface area contributed by atoms with Crippen LogP contribution in [0.5, 0.6) is 0 Å². The molecule has 1 unspecified atom stereocenters. The molecule has 1 N–H and O–H groups in total. The van der Waals surface area contributed by atoms with Gasteiger partial charge in [0.2, 0.25) is 0 Å². The van der Waals surface area contributed by atoms with Crippen LogP contribution in [0.1, 0.15) is 39.5 Å². The zero-order valence-corrected chi connectivity index (χ0v) is 9.08. The Morgan fingerprint density at radius 1 is 1.43 bits per heavy atom. The summed E-state index contributed by atoms with van der Waals surface area (Å²) in [5.41, 5.74) is -0.255. The highest BCUT2D eigenvalue weighted by atomic mass is 16.6. The molecule has 0 aromatic heterocycles. The highest BCUT2D eigenvalue weighted by Crippen LogP contribution is 2.50. The van der Waals surface area contributed by atoms with Gasteiger partial charge in [-0.25, -0.2) is 0 Å². The molecule has 0 aromatic carbocycles. The SMILES string of the molecule is CCOC1CC2(CCC(C)(CO)O2)C1. The molecule has 3 nitrogen and oxygen atoms in total. The largest absolute Gasteiger partial charge is 0.393 e. The lowest BCUT2D eigenvalue weighted by molar-refractivity contribution is -0.194. The zero-order valence-electron chi connectivity index (χ0n) is 9.08. The molecule has 1 heterocycles. The standard InChI is InChI=1S/C11H20O3/c1-3-13-9-6-11(7-9)5-4-10(2,8-12)14-11/h9,12H,3-8H2,1-2H3. The van der Waals surface area contributed by atoms with Gasteiger partial charge in [-0.3, -0.25) is 0 Å². The summed E-state index contributed by atoms with van der Waals surface area (Å²) in [6, 6.07) is 0. The monoisotopic (exact) mass is 200 g/mol. The van der Waals surface area contributed by atoms with E-state index in [-0.39, 0.29) is 17.8 Å². The van der Waals surface area contributed by atoms with Crippen molar-refractivity contribution in [1.82, 2.24) is 0 Å². The van der Waals surface area contributed by atoms with Gasteiger partial charge in [0.15, 0.2) is 0 Å². The third-order valence-electron chi connectivity index (χ3n) is 3.51. The molecule has 1 spiro atoms. The van der Waals surface area contributed by atoms with Crippen molar-refractivity contribution in [3.63, 3.8) is 0 Å². The minimum atomic E-state index is -0.294. The Hall–Kier alpha value is -0.120. The molecule has 3 heteroatoms. The second-order valence-electron chi connectivity index (χ2n) is 4.88. The first-order chi connectivity index (χ1) is 6.61. The number of aliphatic hydroxyl groups excluding tert-OH is 1. The molecule has 14 heavy (non-hydrogen) atoms. The summed E-state index contributed by atoms with van der Waals surface area (Å²) in [4.78, 5) is 0. The minimum Gasteiger partial charge on any atom is -0.393 e. The topological polar surface area (TPSA) is 38.7 Å². The van der Waals surface area contributed by atoms with E-state index >= 15 is 0 Å². The van der Waals surface area contributed by atoms with Crippen molar-refractivity contribution in [2.24, 2.45) is 0 Å². The zero-order chi connectivity index (χ0) is 10.2. The van der Waals surface area contributed by atoms with Crippen molar-refractivity contribution in [3.8, 4) is 0 Å². The average molecular weight is 200 g/mol. The molecule has 2 fully saturated rings. The van der Waals surface area contributed by atoms with Gasteiger partial charge in [-0.15, -0.1) is 0 Å². The van der Waals surface area contributed by atoms with Gasteiger partial charge in [0.05, 0.1) is 23.9 Å². The number of hydrogen-bond donors (Lipinski definition) is 1. The normalized spacial score (nSPS) is 46.9. The Morgan fingerprint density at radius 3 is 2.64 bits per heavy atom. The van der Waals surface area contributed by atoms with E-state index in [4.69, 9.17) is 9.47 Å². The number of hydrogen-bond acceptors (Lipinski definition) is 3. The molecule has 0 radical (unpaired) electrons. The summed E-state index contributed by atoms with van der Waals surface area (Å²) in [5, 5.41) is 9.19. The molecule has 1 saturated carbocycles. The van der Waals surface area contributed by atoms with E-state index in [2.05, 4.69) is 0 Å². The molecule has 0 amide bonds. The van der Waals surface area contributed by atoms with Crippen LogP contribution < -0.4 is 0 Å². The van der Waals surface area contributed by atoms with Crippen LogP contribution in [-0.2, 0) is 9.47 Å². The maximum absolute atomic E-state index is 9.19. The van der Waals surface area contributed by atoms with Crippen molar-refractivity contribution >= 4 is 0 Å². The van der Waals surface area contributed by atoms with E-state index in [1.54, 1.807) is 0 Å². The summed E-state index contributed by atoms with van der Waals surface area (Å²) in [7, 11) is 0. The minimum absolute atomic E-state index is 0.0390. The molecule has 2 aliphatic rings. The Labute approximate surface area is 85.4 Å². The van der Waals surface area contributed by atoms with Crippen molar-refractivity contribution in [3.05, 3.63) is 0 Å². The van der Waals surface area contributed by atoms with E-state index < -0.39 is 0 Å². The second kappa shape index (κ2) is 3.47. The molecule has 1 atom stereocenters. The summed E-state index contributed by atoms with van der Waals surface area (Å²) >= 11 is 0. The fraction of sp³-hybridized carbons (Fsp3) is 1.00. The second-order valence-corrected chi connectivity index (χ2v) is 4.88. The number of aliphatic hydroxyl groups is 1. The van der Waals surface area contributed by atoms with Crippen molar-refractivity contribution < 1.29 is 14.6 Å². The van der Waals surface area contributed by atoms with Crippen molar-refractivity contribution in [2.45, 2.75) is 56.8 Å². The fourth-order valence-electron chi connectivity index (χ4n) is 2.64. The third-order valence-corrected chi connectivity index (χ3v) is 3.51. The van der Waals surface area contributed by atoms with Crippen LogP contribution in [-0.4, -0.2) is 35.6 Å². The number of rotatable bonds is 3. The molecule has 0 bridgehead atoms. The smallest absolute Gasteiger partial charge is 0.0892 e. The van der Waals surface area contributed by atoms with Crippen molar-refractivity contribution in [1.29, 1.82) is 0 Å². The highest BCUT2D eigenvalue weighted by molar-refractivity contribution is 5.04. The molecule has 1 saturated heterocycles. The van der Waals surface area contributed by atoms with Crippen LogP contribution in [0.25, 0.3) is 0 Å². The lowest BCUT2D eigenvalue weighted by Crippen LogP contribution is -2.50. The summed E-state index contributed by atoms with van der Waals surface area (Å²) in [5.74, 6) is 0. The summed E-state index contributed by atoms with van der Waals surface area (Å²) < 4.78 is 11.5. The average Bonchev–Trinajstić information content (AvgIpc) is 2.45. The predicted molar refractivity (Wildman–Crippen MR) is 53.2 cm³/mol. The third kappa shape index (κ3) is 1.69. The van der Waals surface area contributed by atoms with Gasteiger partial charge in [-0.2, -0.15) is 0 Å². The van der Waals surface area contributed by atoms with Crippen LogP contribution in [0.15, 0.2) is 0 Å². The lowest BCUT2D eigenvalue weighted by atomic mass is 9.75. The molecule has 1 aliphatic carbocycles. The maximum Gasteiger partial charge on any atom is 0.0892 e. The van der Waals surface area contributed by atoms with Crippen LogP contribution in [0.2, 0.25) is 0 Å². The quantitative estimate of drug-likeness (QED) is 0.750. The van der Waals surface area contributed by atoms with Crippen LogP contribution in [0.3, 0.4) is 0 Å². The first kappa shape index (κ1) is 10.4. The van der Waals surface area contributed by atoms with E-state index in [1.807, 2.05) is 13.8 Å². The predicted octanol–water partition coefficient (Wildman–Crippen LogP) is 1.49. The molecule has 2 rings (SSSR count). The van der Waals surface area contributed by atoms with E-state index in [0.29, 0.717) is 6.10 Å². The van der Waals surface area contributed by atoms with Gasteiger partial charge in [0.25, 0.3) is 0 Å². The number of ether oxygens (including phenoxy) is 2. The van der Waals surface area contributed by atoms with Crippen LogP contribution >= 0.6 is 0 Å². The lowest BCUT2D eigenvalue weighted by Gasteiger charge is -2.45. The van der Waals surface area contributed by atoms with Gasteiger partial charge in [0.1, 0.15) is 0 Å². The summed E-state index contributed by atoms with van der Waals surface area (Å²) in [6.07, 6.45) is 4.46. The molecular weight excluding hydrogens is 180 g/mol. The first-order valence-electron chi connectivity index (χ1n) is 5.54. The maximum atomic E-state index is 9.19. The van der Waals surface area contributed by atoms with Gasteiger partial charge >= 0.3 is 0 Å².